The molecule has 0 aliphatic heterocycles. The first-order chi connectivity index (χ1) is 8.02. The van der Waals surface area contributed by atoms with Gasteiger partial charge in [0, 0.05) is 0 Å². The van der Waals surface area contributed by atoms with Gasteiger partial charge in [-0.15, -0.1) is 0 Å². The topological polar surface area (TPSA) is 48.4 Å². The molecule has 0 aromatic carbocycles. The van der Waals surface area contributed by atoms with Gasteiger partial charge in [0.2, 0.25) is 0 Å². The molecule has 1 aromatic heterocycles. The van der Waals surface area contributed by atoms with Crippen LogP contribution in [0.1, 0.15) is 29.4 Å². The van der Waals surface area contributed by atoms with E-state index >= 15 is 0 Å². The van der Waals surface area contributed by atoms with Gasteiger partial charge in [0.05, 0.1) is 29.0 Å². The molecule has 0 saturated heterocycles. The van der Waals surface area contributed by atoms with Crippen molar-refractivity contribution in [2.24, 2.45) is 0 Å². The summed E-state index contributed by atoms with van der Waals surface area (Å²) >= 11 is 1.69. The summed E-state index contributed by atoms with van der Waals surface area (Å²) in [6.45, 7) is 1.69. The summed E-state index contributed by atoms with van der Waals surface area (Å²) in [5.41, 5.74) is -0.824. The van der Waals surface area contributed by atoms with Crippen LogP contribution in [-0.2, 0) is 4.74 Å². The monoisotopic (exact) mass is 357 g/mol. The van der Waals surface area contributed by atoms with Crippen LogP contribution in [0.5, 0.6) is 5.75 Å². The lowest BCUT2D eigenvalue weighted by molar-refractivity contribution is 0.0507. The number of aromatic nitrogens is 1. The van der Waals surface area contributed by atoms with Crippen molar-refractivity contribution in [3.8, 4) is 5.75 Å². The van der Waals surface area contributed by atoms with Crippen LogP contribution in [0.25, 0.3) is 0 Å². The summed E-state index contributed by atoms with van der Waals surface area (Å²) in [5, 5.41) is 0. The average molecular weight is 357 g/mol. The number of nitrogens with zero attached hydrogens (tertiary/aromatic N) is 1. The highest BCUT2D eigenvalue weighted by Crippen LogP contribution is 2.32. The van der Waals surface area contributed by atoms with E-state index in [4.69, 9.17) is 4.74 Å². The van der Waals surface area contributed by atoms with Crippen LogP contribution in [0.15, 0.2) is 6.20 Å². The zero-order chi connectivity index (χ0) is 13.0. The molecular formula is C10H10F2INO3. The van der Waals surface area contributed by atoms with Crippen LogP contribution in [-0.4, -0.2) is 24.7 Å². The molecule has 0 unspecified atom stereocenters. The number of ether oxygens (including phenoxy) is 2. The van der Waals surface area contributed by atoms with Crippen LogP contribution in [0, 0.1) is 3.57 Å². The molecule has 17 heavy (non-hydrogen) atoms. The smallest absolute Gasteiger partial charge is 0.357 e. The van der Waals surface area contributed by atoms with Gasteiger partial charge in [-0.3, -0.25) is 0 Å². The van der Waals surface area contributed by atoms with Gasteiger partial charge in [-0.2, -0.15) is 0 Å². The lowest BCUT2D eigenvalue weighted by Crippen LogP contribution is -2.13. The van der Waals surface area contributed by atoms with Crippen molar-refractivity contribution >= 4 is 28.6 Å². The molecule has 0 amide bonds. The molecule has 94 valence electrons. The molecule has 0 atom stereocenters. The third kappa shape index (κ3) is 3.02. The van der Waals surface area contributed by atoms with E-state index in [-0.39, 0.29) is 21.6 Å². The minimum absolute atomic E-state index is 0.103. The highest BCUT2D eigenvalue weighted by Gasteiger charge is 2.26. The minimum atomic E-state index is -2.82. The second kappa shape index (κ2) is 6.08. The van der Waals surface area contributed by atoms with Gasteiger partial charge >= 0.3 is 5.97 Å². The fourth-order valence-corrected chi connectivity index (χ4v) is 2.04. The van der Waals surface area contributed by atoms with Gasteiger partial charge in [0.1, 0.15) is 0 Å². The molecule has 1 rings (SSSR count). The SMILES string of the molecule is CCOC(=O)c1ncc(OC)c(I)c1C(F)F. The van der Waals surface area contributed by atoms with Crippen LogP contribution < -0.4 is 4.74 Å². The Morgan fingerprint density at radius 1 is 1.59 bits per heavy atom. The van der Waals surface area contributed by atoms with Crippen LogP contribution in [0.2, 0.25) is 0 Å². The molecule has 0 fully saturated rings. The van der Waals surface area contributed by atoms with E-state index < -0.39 is 18.0 Å². The molecule has 1 aromatic rings. The Morgan fingerprint density at radius 2 is 2.24 bits per heavy atom. The molecule has 0 N–H and O–H groups in total. The van der Waals surface area contributed by atoms with E-state index in [1.54, 1.807) is 29.5 Å². The lowest BCUT2D eigenvalue weighted by atomic mass is 10.2. The molecule has 0 aliphatic rings. The quantitative estimate of drug-likeness (QED) is 0.614. The Bertz CT molecular complexity index is 426. The number of hydrogen-bond acceptors (Lipinski definition) is 4. The Kier molecular flexibility index (Phi) is 5.03. The van der Waals surface area contributed by atoms with E-state index in [1.165, 1.54) is 13.3 Å². The van der Waals surface area contributed by atoms with E-state index in [2.05, 4.69) is 9.72 Å². The lowest BCUT2D eigenvalue weighted by Gasteiger charge is -2.11. The Hall–Kier alpha value is -0.990. The maximum atomic E-state index is 12.9. The molecule has 7 heteroatoms. The van der Waals surface area contributed by atoms with Crippen LogP contribution >= 0.6 is 22.6 Å². The maximum absolute atomic E-state index is 12.9. The summed E-state index contributed by atoms with van der Waals surface area (Å²) < 4.78 is 35.5. The van der Waals surface area contributed by atoms with Crippen molar-refractivity contribution in [1.29, 1.82) is 0 Å². The van der Waals surface area contributed by atoms with Crippen LogP contribution in [0.4, 0.5) is 8.78 Å². The fourth-order valence-electron chi connectivity index (χ4n) is 1.19. The standard InChI is InChI=1S/C10H10F2INO3/c1-3-17-10(15)8-6(9(11)12)7(13)5(16-2)4-14-8/h4,9H,3H2,1-2H3. The summed E-state index contributed by atoms with van der Waals surface area (Å²) in [5.74, 6) is -0.655. The zero-order valence-electron chi connectivity index (χ0n) is 9.17. The van der Waals surface area contributed by atoms with Crippen molar-refractivity contribution in [3.63, 3.8) is 0 Å². The molecule has 0 radical (unpaired) electrons. The summed E-state index contributed by atoms with van der Waals surface area (Å²) in [4.78, 5) is 15.1. The predicted octanol–water partition coefficient (Wildman–Crippen LogP) is 2.81. The summed E-state index contributed by atoms with van der Waals surface area (Å²) in [6.07, 6.45) is -1.59. The number of methoxy groups -OCH3 is 1. The Labute approximate surface area is 110 Å². The minimum Gasteiger partial charge on any atom is -0.494 e. The number of halogens is 3. The third-order valence-corrected chi connectivity index (χ3v) is 3.04. The highest BCUT2D eigenvalue weighted by molar-refractivity contribution is 14.1. The predicted molar refractivity (Wildman–Crippen MR) is 64.4 cm³/mol. The van der Waals surface area contributed by atoms with Crippen molar-refractivity contribution in [2.75, 3.05) is 13.7 Å². The first kappa shape index (κ1) is 14.1. The van der Waals surface area contributed by atoms with Crippen molar-refractivity contribution < 1.29 is 23.0 Å². The largest absolute Gasteiger partial charge is 0.494 e. The van der Waals surface area contributed by atoms with E-state index in [0.29, 0.717) is 0 Å². The number of carbonyl (C=O) groups is 1. The second-order valence-electron chi connectivity index (χ2n) is 2.92. The molecule has 0 spiro atoms. The highest BCUT2D eigenvalue weighted by atomic mass is 127. The molecule has 4 nitrogen and oxygen atoms in total. The van der Waals surface area contributed by atoms with Gasteiger partial charge in [0.25, 0.3) is 6.43 Å². The second-order valence-corrected chi connectivity index (χ2v) is 4.00. The van der Waals surface area contributed by atoms with Crippen molar-refractivity contribution in [1.82, 2.24) is 4.98 Å². The van der Waals surface area contributed by atoms with Gasteiger partial charge < -0.3 is 9.47 Å². The Morgan fingerprint density at radius 3 is 2.71 bits per heavy atom. The molecule has 0 saturated carbocycles. The normalized spacial score (nSPS) is 10.5. The van der Waals surface area contributed by atoms with E-state index in [0.717, 1.165) is 0 Å². The molecular weight excluding hydrogens is 347 g/mol. The van der Waals surface area contributed by atoms with E-state index in [1.807, 2.05) is 0 Å². The molecule has 0 aliphatic carbocycles. The number of alkyl halides is 2. The number of esters is 1. The fraction of sp³-hybridized carbons (Fsp3) is 0.400. The third-order valence-electron chi connectivity index (χ3n) is 1.93. The number of hydrogen-bond donors (Lipinski definition) is 0. The average Bonchev–Trinajstić information content (AvgIpc) is 2.28. The summed E-state index contributed by atoms with van der Waals surface area (Å²) in [6, 6.07) is 0. The zero-order valence-corrected chi connectivity index (χ0v) is 11.3. The van der Waals surface area contributed by atoms with E-state index in [9.17, 15) is 13.6 Å². The van der Waals surface area contributed by atoms with Gasteiger partial charge in [-0.1, -0.05) is 0 Å². The first-order valence-corrected chi connectivity index (χ1v) is 5.78. The van der Waals surface area contributed by atoms with Gasteiger partial charge in [-0.05, 0) is 29.5 Å². The van der Waals surface area contributed by atoms with Crippen molar-refractivity contribution in [2.45, 2.75) is 13.3 Å². The summed E-state index contributed by atoms with van der Waals surface area (Å²) in [7, 11) is 1.35. The number of carbonyl (C=O) groups excluding carboxylic acids is 1. The number of rotatable bonds is 4. The number of pyridine rings is 1. The van der Waals surface area contributed by atoms with Gasteiger partial charge in [0.15, 0.2) is 11.4 Å². The van der Waals surface area contributed by atoms with Crippen LogP contribution in [0.3, 0.4) is 0 Å². The maximum Gasteiger partial charge on any atom is 0.357 e. The van der Waals surface area contributed by atoms with Gasteiger partial charge in [-0.25, -0.2) is 18.6 Å². The molecule has 0 bridgehead atoms. The molecule has 1 heterocycles. The first-order valence-electron chi connectivity index (χ1n) is 4.70. The van der Waals surface area contributed by atoms with Crippen molar-refractivity contribution in [3.05, 3.63) is 21.0 Å². The Balaban J connectivity index is 3.31.